The Balaban J connectivity index is 1.40. The zero-order valence-electron chi connectivity index (χ0n) is 28.9. The van der Waals surface area contributed by atoms with E-state index in [1.54, 1.807) is 0 Å². The third kappa shape index (κ3) is 3.85. The van der Waals surface area contributed by atoms with Crippen molar-refractivity contribution in [3.8, 4) is 33.4 Å². The highest BCUT2D eigenvalue weighted by Crippen LogP contribution is 2.54. The molecule has 0 unspecified atom stereocenters. The highest BCUT2D eigenvalue weighted by molar-refractivity contribution is 6.44. The molecule has 0 amide bonds. The average molecular weight is 647 g/mol. The van der Waals surface area contributed by atoms with E-state index in [0.29, 0.717) is 0 Å². The van der Waals surface area contributed by atoms with Crippen LogP contribution in [0, 0.1) is 20.8 Å². The molecule has 0 heterocycles. The molecule has 0 atom stereocenters. The highest BCUT2D eigenvalue weighted by Gasteiger charge is 2.26. The predicted octanol–water partition coefficient (Wildman–Crippen LogP) is 14.6. The van der Waals surface area contributed by atoms with Crippen molar-refractivity contribution in [2.45, 2.75) is 20.8 Å². The van der Waals surface area contributed by atoms with Crippen molar-refractivity contribution in [2.24, 2.45) is 0 Å². The third-order valence-electron chi connectivity index (χ3n) is 11.6. The standard InChI is InChI=1S/C51H34/c1-29-25-30(2)44(31(3)26-29)35-23-24-36-41(27-35)37-19-12-22-40-48(37)42(36)28-43-46(33-13-6-4-7-14-33)50-38-20-10-17-32-18-11-21-39(45(32)38)51(50)47(49(40)43)34-15-8-5-9-16-34/h4-28H,1-3H3. The molecule has 0 aliphatic rings. The van der Waals surface area contributed by atoms with Crippen LogP contribution in [0.3, 0.4) is 0 Å². The second-order valence-corrected chi connectivity index (χ2v) is 14.6. The van der Waals surface area contributed by atoms with E-state index in [0.717, 1.165) is 0 Å². The molecule has 0 aromatic heterocycles. The van der Waals surface area contributed by atoms with Gasteiger partial charge in [-0.15, -0.1) is 0 Å². The fourth-order valence-electron chi connectivity index (χ4n) is 9.78. The van der Waals surface area contributed by atoms with Gasteiger partial charge in [0.2, 0.25) is 0 Å². The van der Waals surface area contributed by atoms with Gasteiger partial charge in [0.25, 0.3) is 0 Å². The Bertz CT molecular complexity index is 3150. The first-order chi connectivity index (χ1) is 25.1. The molecule has 11 rings (SSSR count). The quantitative estimate of drug-likeness (QED) is 0.168. The smallest absolute Gasteiger partial charge is 0.000719 e. The summed E-state index contributed by atoms with van der Waals surface area (Å²) in [5.41, 5.74) is 11.8. The van der Waals surface area contributed by atoms with Crippen LogP contribution >= 0.6 is 0 Å². The minimum atomic E-state index is 1.25. The van der Waals surface area contributed by atoms with Crippen LogP contribution in [0.25, 0.3) is 109 Å². The monoisotopic (exact) mass is 646 g/mol. The van der Waals surface area contributed by atoms with Crippen molar-refractivity contribution in [3.63, 3.8) is 0 Å². The van der Waals surface area contributed by atoms with Crippen molar-refractivity contribution in [1.29, 1.82) is 0 Å². The molecule has 11 aromatic carbocycles. The van der Waals surface area contributed by atoms with Crippen LogP contribution in [0.5, 0.6) is 0 Å². The number of fused-ring (bicyclic) bond motifs is 8. The molecule has 0 aliphatic heterocycles. The summed E-state index contributed by atoms with van der Waals surface area (Å²) in [6, 6.07) is 57.2. The Kier molecular flexibility index (Phi) is 5.82. The van der Waals surface area contributed by atoms with Crippen LogP contribution in [0.15, 0.2) is 152 Å². The first kappa shape index (κ1) is 28.6. The largest absolute Gasteiger partial charge is 0.0622 e. The fraction of sp³-hybridized carbons (Fsp3) is 0.0588. The van der Waals surface area contributed by atoms with Crippen LogP contribution in [0.2, 0.25) is 0 Å². The number of benzene rings is 9. The predicted molar refractivity (Wildman–Crippen MR) is 222 cm³/mol. The van der Waals surface area contributed by atoms with E-state index in [2.05, 4.69) is 172 Å². The minimum Gasteiger partial charge on any atom is -0.0622 e. The molecular weight excluding hydrogens is 613 g/mol. The van der Waals surface area contributed by atoms with Crippen LogP contribution in [0.4, 0.5) is 0 Å². The number of rotatable bonds is 3. The zero-order chi connectivity index (χ0) is 34.0. The van der Waals surface area contributed by atoms with E-state index >= 15 is 0 Å². The lowest BCUT2D eigenvalue weighted by Crippen LogP contribution is -1.91. The minimum absolute atomic E-state index is 1.25. The summed E-state index contributed by atoms with van der Waals surface area (Å²) in [6.07, 6.45) is 0. The van der Waals surface area contributed by atoms with Gasteiger partial charge in [0.1, 0.15) is 0 Å². The maximum Gasteiger partial charge on any atom is -0.000719 e. The van der Waals surface area contributed by atoms with Crippen molar-refractivity contribution in [3.05, 3.63) is 168 Å². The first-order valence-corrected chi connectivity index (χ1v) is 18.0. The maximum atomic E-state index is 2.53. The van der Waals surface area contributed by atoms with E-state index in [1.165, 1.54) is 125 Å². The second kappa shape index (κ2) is 10.4. The van der Waals surface area contributed by atoms with Gasteiger partial charge in [-0.1, -0.05) is 145 Å². The summed E-state index contributed by atoms with van der Waals surface area (Å²) in [5, 5.41) is 18.6. The molecule has 0 spiro atoms. The lowest BCUT2D eigenvalue weighted by atomic mass is 9.84. The van der Waals surface area contributed by atoms with Crippen LogP contribution in [0.1, 0.15) is 16.7 Å². The SMILES string of the molecule is Cc1cc(C)c(-c2ccc3c(c2)c2cccc4c5c(-c6ccccc6)c6c7cccc8cccc(c6c(-c6ccccc6)c5cc3c24)c87)c(C)c1. The number of hydrogen-bond donors (Lipinski definition) is 0. The summed E-state index contributed by atoms with van der Waals surface area (Å²) >= 11 is 0. The van der Waals surface area contributed by atoms with Gasteiger partial charge in [-0.05, 0) is 153 Å². The lowest BCUT2D eigenvalue weighted by molar-refractivity contribution is 1.32. The molecule has 0 bridgehead atoms. The van der Waals surface area contributed by atoms with Crippen molar-refractivity contribution in [1.82, 2.24) is 0 Å². The summed E-state index contributed by atoms with van der Waals surface area (Å²) in [6.45, 7) is 6.69. The van der Waals surface area contributed by atoms with Gasteiger partial charge in [0.05, 0.1) is 0 Å². The Hall–Kier alpha value is -6.24. The topological polar surface area (TPSA) is 0 Å². The van der Waals surface area contributed by atoms with Crippen LogP contribution in [-0.2, 0) is 0 Å². The molecule has 51 heavy (non-hydrogen) atoms. The molecule has 0 aliphatic carbocycles. The number of aryl methyl sites for hydroxylation is 3. The second-order valence-electron chi connectivity index (χ2n) is 14.6. The normalized spacial score (nSPS) is 12.2. The molecule has 0 fully saturated rings. The van der Waals surface area contributed by atoms with Gasteiger partial charge in [0.15, 0.2) is 0 Å². The van der Waals surface area contributed by atoms with E-state index < -0.39 is 0 Å². The molecule has 0 radical (unpaired) electrons. The summed E-state index contributed by atoms with van der Waals surface area (Å²) < 4.78 is 0. The van der Waals surface area contributed by atoms with Crippen LogP contribution in [-0.4, -0.2) is 0 Å². The molecule has 0 heteroatoms. The van der Waals surface area contributed by atoms with E-state index in [1.807, 2.05) is 0 Å². The van der Waals surface area contributed by atoms with Gasteiger partial charge in [-0.25, -0.2) is 0 Å². The summed E-state index contributed by atoms with van der Waals surface area (Å²) in [5.74, 6) is 0. The van der Waals surface area contributed by atoms with Gasteiger partial charge in [-0.2, -0.15) is 0 Å². The highest BCUT2D eigenvalue weighted by atomic mass is 14.3. The van der Waals surface area contributed by atoms with E-state index in [9.17, 15) is 0 Å². The van der Waals surface area contributed by atoms with Crippen LogP contribution < -0.4 is 0 Å². The molecule has 0 nitrogen and oxygen atoms in total. The molecule has 11 aromatic rings. The maximum absolute atomic E-state index is 2.53. The third-order valence-corrected chi connectivity index (χ3v) is 11.6. The van der Waals surface area contributed by atoms with E-state index in [-0.39, 0.29) is 0 Å². The molecular formula is C51H34. The fourth-order valence-corrected chi connectivity index (χ4v) is 9.78. The van der Waals surface area contributed by atoms with Gasteiger partial charge < -0.3 is 0 Å². The lowest BCUT2D eigenvalue weighted by Gasteiger charge is -2.19. The molecule has 238 valence electrons. The Morgan fingerprint density at radius 2 is 0.843 bits per heavy atom. The summed E-state index contributed by atoms with van der Waals surface area (Å²) in [7, 11) is 0. The van der Waals surface area contributed by atoms with Gasteiger partial charge >= 0.3 is 0 Å². The molecule has 0 saturated heterocycles. The number of hydrogen-bond acceptors (Lipinski definition) is 0. The van der Waals surface area contributed by atoms with E-state index in [4.69, 9.17) is 0 Å². The van der Waals surface area contributed by atoms with Gasteiger partial charge in [-0.3, -0.25) is 0 Å². The Labute approximate surface area is 296 Å². The summed E-state index contributed by atoms with van der Waals surface area (Å²) in [4.78, 5) is 0. The molecule has 0 N–H and O–H groups in total. The van der Waals surface area contributed by atoms with Gasteiger partial charge in [0, 0.05) is 0 Å². The van der Waals surface area contributed by atoms with Crippen molar-refractivity contribution in [2.75, 3.05) is 0 Å². The average Bonchev–Trinajstić information content (AvgIpc) is 3.65. The zero-order valence-corrected chi connectivity index (χ0v) is 28.9. The van der Waals surface area contributed by atoms with Crippen molar-refractivity contribution >= 4 is 75.4 Å². The van der Waals surface area contributed by atoms with Crippen molar-refractivity contribution < 1.29 is 0 Å². The Morgan fingerprint density at radius 3 is 1.51 bits per heavy atom. The molecule has 0 saturated carbocycles. The Morgan fingerprint density at radius 1 is 0.275 bits per heavy atom. The first-order valence-electron chi connectivity index (χ1n) is 18.0.